The summed E-state index contributed by atoms with van der Waals surface area (Å²) in [5.41, 5.74) is 4.81. The Kier molecular flexibility index (Phi) is 5.08. The number of benzene rings is 3. The molecular formula is C23H20N2O2S. The van der Waals surface area contributed by atoms with Crippen LogP contribution in [0, 0.1) is 13.8 Å². The van der Waals surface area contributed by atoms with Crippen molar-refractivity contribution in [2.24, 2.45) is 0 Å². The molecule has 28 heavy (non-hydrogen) atoms. The quantitative estimate of drug-likeness (QED) is 0.484. The number of fused-ring (bicyclic) bond motifs is 1. The Balaban J connectivity index is 1.45. The smallest absolute Gasteiger partial charge is 0.262 e. The Hall–Kier alpha value is -3.18. The highest BCUT2D eigenvalue weighted by molar-refractivity contribution is 7.21. The van der Waals surface area contributed by atoms with Gasteiger partial charge in [-0.3, -0.25) is 4.79 Å². The molecule has 1 N–H and O–H groups in total. The number of nitrogens with one attached hydrogen (secondary N) is 1. The Morgan fingerprint density at radius 3 is 2.75 bits per heavy atom. The van der Waals surface area contributed by atoms with Crippen LogP contribution in [0.5, 0.6) is 5.75 Å². The third-order valence-electron chi connectivity index (χ3n) is 4.39. The van der Waals surface area contributed by atoms with E-state index in [1.54, 1.807) is 11.3 Å². The molecule has 0 radical (unpaired) electrons. The second-order valence-electron chi connectivity index (χ2n) is 6.67. The maximum absolute atomic E-state index is 12.3. The Morgan fingerprint density at radius 2 is 1.89 bits per heavy atom. The molecule has 0 aliphatic rings. The number of carbonyl (C=O) groups is 1. The number of hydrogen-bond donors (Lipinski definition) is 1. The lowest BCUT2D eigenvalue weighted by Crippen LogP contribution is -2.20. The molecule has 3 aromatic carbocycles. The van der Waals surface area contributed by atoms with E-state index in [0.29, 0.717) is 0 Å². The topological polar surface area (TPSA) is 51.2 Å². The second-order valence-corrected chi connectivity index (χ2v) is 7.70. The number of rotatable bonds is 5. The van der Waals surface area contributed by atoms with E-state index >= 15 is 0 Å². The van der Waals surface area contributed by atoms with Crippen LogP contribution in [0.3, 0.4) is 0 Å². The minimum absolute atomic E-state index is 0.0321. The summed E-state index contributed by atoms with van der Waals surface area (Å²) in [6.07, 6.45) is 0. The second kappa shape index (κ2) is 7.82. The normalized spacial score (nSPS) is 10.8. The fraction of sp³-hybridized carbons (Fsp3) is 0.130. The van der Waals surface area contributed by atoms with Gasteiger partial charge in [0, 0.05) is 11.3 Å². The van der Waals surface area contributed by atoms with E-state index < -0.39 is 0 Å². The first kappa shape index (κ1) is 18.2. The highest BCUT2D eigenvalue weighted by atomic mass is 32.1. The lowest BCUT2D eigenvalue weighted by Gasteiger charge is -2.10. The van der Waals surface area contributed by atoms with E-state index in [1.165, 1.54) is 0 Å². The van der Waals surface area contributed by atoms with Gasteiger partial charge in [0.1, 0.15) is 10.8 Å². The van der Waals surface area contributed by atoms with E-state index in [1.807, 2.05) is 74.5 Å². The molecule has 1 heterocycles. The summed E-state index contributed by atoms with van der Waals surface area (Å²) < 4.78 is 6.83. The number of nitrogens with zero attached hydrogens (tertiary/aromatic N) is 1. The highest BCUT2D eigenvalue weighted by Gasteiger charge is 2.09. The van der Waals surface area contributed by atoms with Gasteiger partial charge in [-0.15, -0.1) is 11.3 Å². The number of hydrogen-bond acceptors (Lipinski definition) is 4. The van der Waals surface area contributed by atoms with Crippen LogP contribution in [0.25, 0.3) is 20.8 Å². The first-order chi connectivity index (χ1) is 13.6. The van der Waals surface area contributed by atoms with Gasteiger partial charge in [-0.2, -0.15) is 0 Å². The van der Waals surface area contributed by atoms with E-state index in [4.69, 9.17) is 4.74 Å². The zero-order valence-corrected chi connectivity index (χ0v) is 16.5. The summed E-state index contributed by atoms with van der Waals surface area (Å²) in [4.78, 5) is 17.0. The van der Waals surface area contributed by atoms with Crippen molar-refractivity contribution in [3.8, 4) is 16.3 Å². The van der Waals surface area contributed by atoms with Crippen molar-refractivity contribution in [3.63, 3.8) is 0 Å². The largest absolute Gasteiger partial charge is 0.483 e. The van der Waals surface area contributed by atoms with E-state index in [2.05, 4.69) is 16.4 Å². The van der Waals surface area contributed by atoms with Gasteiger partial charge in [0.05, 0.1) is 10.2 Å². The van der Waals surface area contributed by atoms with Gasteiger partial charge in [0.15, 0.2) is 6.61 Å². The molecule has 4 aromatic rings. The molecule has 0 spiro atoms. The number of amides is 1. The number of thiazole rings is 1. The summed E-state index contributed by atoms with van der Waals surface area (Å²) >= 11 is 1.64. The molecule has 1 aromatic heterocycles. The highest BCUT2D eigenvalue weighted by Crippen LogP contribution is 2.31. The van der Waals surface area contributed by atoms with Crippen molar-refractivity contribution >= 4 is 33.1 Å². The lowest BCUT2D eigenvalue weighted by atomic mass is 10.1. The predicted octanol–water partition coefficient (Wildman–Crippen LogP) is 5.60. The third-order valence-corrected chi connectivity index (χ3v) is 5.48. The van der Waals surface area contributed by atoms with E-state index in [-0.39, 0.29) is 12.5 Å². The Labute approximate surface area is 167 Å². The minimum atomic E-state index is -0.192. The Bertz CT molecular complexity index is 1120. The monoisotopic (exact) mass is 388 g/mol. The van der Waals surface area contributed by atoms with Crippen LogP contribution < -0.4 is 10.1 Å². The van der Waals surface area contributed by atoms with Crippen LogP contribution >= 0.6 is 11.3 Å². The molecule has 0 saturated carbocycles. The van der Waals surface area contributed by atoms with Gasteiger partial charge in [-0.1, -0.05) is 36.4 Å². The maximum atomic E-state index is 12.3. The molecule has 0 atom stereocenters. The van der Waals surface area contributed by atoms with E-state index in [9.17, 15) is 4.79 Å². The average molecular weight is 388 g/mol. The van der Waals surface area contributed by atoms with Crippen molar-refractivity contribution in [3.05, 3.63) is 77.9 Å². The molecule has 0 fully saturated rings. The van der Waals surface area contributed by atoms with Crippen LogP contribution in [0.2, 0.25) is 0 Å². The van der Waals surface area contributed by atoms with Crippen molar-refractivity contribution < 1.29 is 9.53 Å². The SMILES string of the molecule is Cc1ccc(C)c(OCC(=O)Nc2cccc(-c3nc4ccccc4s3)c2)c1. The fourth-order valence-electron chi connectivity index (χ4n) is 2.93. The molecule has 4 rings (SSSR count). The molecule has 0 unspecified atom stereocenters. The number of aryl methyl sites for hydroxylation is 2. The third kappa shape index (κ3) is 4.05. The van der Waals surface area contributed by atoms with Crippen LogP contribution in [0.15, 0.2) is 66.7 Å². The molecular weight excluding hydrogens is 368 g/mol. The van der Waals surface area contributed by atoms with Crippen molar-refractivity contribution in [2.45, 2.75) is 13.8 Å². The first-order valence-corrected chi connectivity index (χ1v) is 9.86. The summed E-state index contributed by atoms with van der Waals surface area (Å²) in [6.45, 7) is 3.93. The Morgan fingerprint density at radius 1 is 1.04 bits per heavy atom. The summed E-state index contributed by atoms with van der Waals surface area (Å²) in [5.74, 6) is 0.542. The zero-order valence-electron chi connectivity index (χ0n) is 15.7. The van der Waals surface area contributed by atoms with Crippen LogP contribution in [0.1, 0.15) is 11.1 Å². The summed E-state index contributed by atoms with van der Waals surface area (Å²) in [5, 5.41) is 3.84. The number of ether oxygens (including phenoxy) is 1. The zero-order chi connectivity index (χ0) is 19.5. The lowest BCUT2D eigenvalue weighted by molar-refractivity contribution is -0.118. The number of para-hydroxylation sites is 1. The molecule has 0 aliphatic carbocycles. The number of carbonyl (C=O) groups excluding carboxylic acids is 1. The minimum Gasteiger partial charge on any atom is -0.483 e. The molecule has 0 aliphatic heterocycles. The standard InChI is InChI=1S/C23H20N2O2S/c1-15-10-11-16(2)20(12-15)27-14-22(26)24-18-7-5-6-17(13-18)23-25-19-8-3-4-9-21(19)28-23/h3-13H,14H2,1-2H3,(H,24,26). The van der Waals surface area contributed by atoms with Gasteiger partial charge < -0.3 is 10.1 Å². The van der Waals surface area contributed by atoms with Crippen LogP contribution in [0.4, 0.5) is 5.69 Å². The molecule has 1 amide bonds. The van der Waals surface area contributed by atoms with E-state index in [0.717, 1.165) is 43.4 Å². The molecule has 4 nitrogen and oxygen atoms in total. The van der Waals surface area contributed by atoms with Crippen molar-refractivity contribution in [2.75, 3.05) is 11.9 Å². The summed E-state index contributed by atoms with van der Waals surface area (Å²) in [6, 6.07) is 21.7. The maximum Gasteiger partial charge on any atom is 0.262 e. The number of anilines is 1. The van der Waals surface area contributed by atoms with Crippen LogP contribution in [-0.2, 0) is 4.79 Å². The van der Waals surface area contributed by atoms with Gasteiger partial charge in [-0.25, -0.2) is 4.98 Å². The van der Waals surface area contributed by atoms with Gasteiger partial charge >= 0.3 is 0 Å². The van der Waals surface area contributed by atoms with Gasteiger partial charge in [-0.05, 0) is 55.3 Å². The van der Waals surface area contributed by atoms with Gasteiger partial charge in [0.2, 0.25) is 0 Å². The number of aromatic nitrogens is 1. The van der Waals surface area contributed by atoms with Crippen molar-refractivity contribution in [1.82, 2.24) is 4.98 Å². The molecule has 140 valence electrons. The van der Waals surface area contributed by atoms with Gasteiger partial charge in [0.25, 0.3) is 5.91 Å². The molecule has 0 bridgehead atoms. The molecule has 0 saturated heterocycles. The fourth-order valence-corrected chi connectivity index (χ4v) is 3.89. The predicted molar refractivity (Wildman–Crippen MR) is 115 cm³/mol. The average Bonchev–Trinajstić information content (AvgIpc) is 3.13. The van der Waals surface area contributed by atoms with Crippen molar-refractivity contribution in [1.29, 1.82) is 0 Å². The van der Waals surface area contributed by atoms with Crippen LogP contribution in [-0.4, -0.2) is 17.5 Å². The molecule has 5 heteroatoms. The summed E-state index contributed by atoms with van der Waals surface area (Å²) in [7, 11) is 0. The first-order valence-electron chi connectivity index (χ1n) is 9.04.